The Bertz CT molecular complexity index is 588. The molecule has 0 bridgehead atoms. The number of aryl methyl sites for hydroxylation is 1. The average Bonchev–Trinajstić information content (AvgIpc) is 2.66. The zero-order chi connectivity index (χ0) is 11.8. The lowest BCUT2D eigenvalue weighted by molar-refractivity contribution is 0.444. The standard InChI is InChI=1S/C14H18N2S/c1-16-13-9-11(10-5-3-2-4-6-10)7-8-12(13)15-14(16)17/h7-10H,2-6H2,1H3,(H,15,17). The highest BCUT2D eigenvalue weighted by atomic mass is 32.1. The Hall–Kier alpha value is -1.09. The van der Waals surface area contributed by atoms with Crippen LogP contribution in [-0.2, 0) is 7.05 Å². The monoisotopic (exact) mass is 246 g/mol. The molecular weight excluding hydrogens is 228 g/mol. The molecule has 1 aliphatic carbocycles. The summed E-state index contributed by atoms with van der Waals surface area (Å²) in [5.74, 6) is 0.761. The Morgan fingerprint density at radius 3 is 2.76 bits per heavy atom. The first-order chi connectivity index (χ1) is 8.25. The van der Waals surface area contributed by atoms with E-state index in [1.165, 1.54) is 43.2 Å². The van der Waals surface area contributed by atoms with Crippen LogP contribution in [0.1, 0.15) is 43.6 Å². The van der Waals surface area contributed by atoms with Gasteiger partial charge in [-0.25, -0.2) is 0 Å². The van der Waals surface area contributed by atoms with Gasteiger partial charge in [0.25, 0.3) is 0 Å². The molecule has 0 saturated heterocycles. The van der Waals surface area contributed by atoms with Crippen molar-refractivity contribution in [2.45, 2.75) is 38.0 Å². The van der Waals surface area contributed by atoms with E-state index in [1.807, 2.05) is 7.05 Å². The largest absolute Gasteiger partial charge is 0.331 e. The van der Waals surface area contributed by atoms with E-state index in [-0.39, 0.29) is 0 Å². The van der Waals surface area contributed by atoms with Gasteiger partial charge >= 0.3 is 0 Å². The molecule has 0 amide bonds. The number of fused-ring (bicyclic) bond motifs is 1. The van der Waals surface area contributed by atoms with Crippen LogP contribution in [0.2, 0.25) is 0 Å². The van der Waals surface area contributed by atoms with Crippen LogP contribution in [-0.4, -0.2) is 9.55 Å². The SMILES string of the molecule is Cn1c(=S)[nH]c2ccc(C3CCCCC3)cc21. The zero-order valence-corrected chi connectivity index (χ0v) is 11.0. The van der Waals surface area contributed by atoms with E-state index < -0.39 is 0 Å². The third-order valence-corrected chi connectivity index (χ3v) is 4.38. The fourth-order valence-electron chi connectivity index (χ4n) is 2.93. The molecule has 2 nitrogen and oxygen atoms in total. The summed E-state index contributed by atoms with van der Waals surface area (Å²) in [4.78, 5) is 3.23. The van der Waals surface area contributed by atoms with Crippen molar-refractivity contribution < 1.29 is 0 Å². The second-order valence-corrected chi connectivity index (χ2v) is 5.49. The molecule has 90 valence electrons. The molecule has 1 N–H and O–H groups in total. The van der Waals surface area contributed by atoms with Crippen molar-refractivity contribution in [2.24, 2.45) is 7.05 Å². The molecule has 0 radical (unpaired) electrons. The highest BCUT2D eigenvalue weighted by Gasteiger charge is 2.16. The number of hydrogen-bond donors (Lipinski definition) is 1. The molecule has 0 atom stereocenters. The molecule has 0 aliphatic heterocycles. The molecule has 1 aliphatic rings. The normalized spacial score (nSPS) is 17.7. The molecule has 0 spiro atoms. The quantitative estimate of drug-likeness (QED) is 0.745. The van der Waals surface area contributed by atoms with Crippen LogP contribution in [0.5, 0.6) is 0 Å². The highest BCUT2D eigenvalue weighted by Crippen LogP contribution is 2.33. The van der Waals surface area contributed by atoms with Gasteiger partial charge in [-0.3, -0.25) is 0 Å². The Morgan fingerprint density at radius 2 is 2.00 bits per heavy atom. The molecule has 1 aromatic carbocycles. The van der Waals surface area contributed by atoms with Gasteiger partial charge in [-0.2, -0.15) is 0 Å². The second kappa shape index (κ2) is 4.30. The third kappa shape index (κ3) is 1.93. The summed E-state index contributed by atoms with van der Waals surface area (Å²) in [6.07, 6.45) is 6.87. The number of H-pyrrole nitrogens is 1. The van der Waals surface area contributed by atoms with E-state index in [0.717, 1.165) is 16.2 Å². The molecule has 1 saturated carbocycles. The summed E-state index contributed by atoms with van der Waals surface area (Å²) in [5, 5.41) is 0. The Morgan fingerprint density at radius 1 is 1.24 bits per heavy atom. The van der Waals surface area contributed by atoms with Gasteiger partial charge in [-0.1, -0.05) is 25.3 Å². The molecule has 1 heterocycles. The Labute approximate surface area is 107 Å². The maximum absolute atomic E-state index is 5.26. The van der Waals surface area contributed by atoms with Crippen molar-refractivity contribution in [3.63, 3.8) is 0 Å². The lowest BCUT2D eigenvalue weighted by atomic mass is 9.84. The van der Waals surface area contributed by atoms with Crippen molar-refractivity contribution in [1.82, 2.24) is 9.55 Å². The van der Waals surface area contributed by atoms with Crippen LogP contribution in [0.3, 0.4) is 0 Å². The summed E-state index contributed by atoms with van der Waals surface area (Å²) in [7, 11) is 2.03. The van der Waals surface area contributed by atoms with Gasteiger partial charge in [0.2, 0.25) is 0 Å². The summed E-state index contributed by atoms with van der Waals surface area (Å²) in [5.41, 5.74) is 3.87. The van der Waals surface area contributed by atoms with Crippen LogP contribution in [0.25, 0.3) is 11.0 Å². The molecular formula is C14H18N2S. The van der Waals surface area contributed by atoms with E-state index in [4.69, 9.17) is 12.2 Å². The zero-order valence-electron chi connectivity index (χ0n) is 10.2. The first kappa shape index (κ1) is 11.0. The van der Waals surface area contributed by atoms with E-state index in [0.29, 0.717) is 0 Å². The van der Waals surface area contributed by atoms with Gasteiger partial charge in [-0.15, -0.1) is 0 Å². The maximum atomic E-state index is 5.26. The number of nitrogens with zero attached hydrogens (tertiary/aromatic N) is 1. The summed E-state index contributed by atoms with van der Waals surface area (Å²) in [6.45, 7) is 0. The van der Waals surface area contributed by atoms with Gasteiger partial charge in [-0.05, 0) is 48.7 Å². The summed E-state index contributed by atoms with van der Waals surface area (Å²) in [6, 6.07) is 6.76. The van der Waals surface area contributed by atoms with Crippen molar-refractivity contribution in [2.75, 3.05) is 0 Å². The third-order valence-electron chi connectivity index (χ3n) is 4.01. The van der Waals surface area contributed by atoms with Crippen molar-refractivity contribution in [3.05, 3.63) is 28.5 Å². The number of nitrogens with one attached hydrogen (secondary N) is 1. The number of imidazole rings is 1. The fraction of sp³-hybridized carbons (Fsp3) is 0.500. The van der Waals surface area contributed by atoms with Gasteiger partial charge in [0, 0.05) is 7.05 Å². The summed E-state index contributed by atoms with van der Waals surface area (Å²) < 4.78 is 2.87. The number of rotatable bonds is 1. The average molecular weight is 246 g/mol. The minimum absolute atomic E-state index is 0.761. The van der Waals surface area contributed by atoms with Gasteiger partial charge in [0.15, 0.2) is 4.77 Å². The predicted octanol–water partition coefficient (Wildman–Crippen LogP) is 4.28. The molecule has 1 aromatic heterocycles. The van der Waals surface area contributed by atoms with Gasteiger partial charge in [0.1, 0.15) is 0 Å². The van der Waals surface area contributed by atoms with Crippen molar-refractivity contribution in [1.29, 1.82) is 0 Å². The van der Waals surface area contributed by atoms with Crippen LogP contribution in [0.4, 0.5) is 0 Å². The van der Waals surface area contributed by atoms with Crippen molar-refractivity contribution in [3.8, 4) is 0 Å². The second-order valence-electron chi connectivity index (χ2n) is 5.10. The van der Waals surface area contributed by atoms with Gasteiger partial charge in [0.05, 0.1) is 11.0 Å². The van der Waals surface area contributed by atoms with E-state index >= 15 is 0 Å². The fourth-order valence-corrected chi connectivity index (χ4v) is 3.14. The number of hydrogen-bond acceptors (Lipinski definition) is 1. The van der Waals surface area contributed by atoms with Crippen molar-refractivity contribution >= 4 is 23.3 Å². The summed E-state index contributed by atoms with van der Waals surface area (Å²) >= 11 is 5.26. The molecule has 17 heavy (non-hydrogen) atoms. The minimum Gasteiger partial charge on any atom is -0.331 e. The molecule has 2 aromatic rings. The van der Waals surface area contributed by atoms with Gasteiger partial charge < -0.3 is 9.55 Å². The smallest absolute Gasteiger partial charge is 0.177 e. The number of benzene rings is 1. The van der Waals surface area contributed by atoms with E-state index in [1.54, 1.807) is 0 Å². The first-order valence-corrected chi connectivity index (χ1v) is 6.85. The topological polar surface area (TPSA) is 20.7 Å². The Kier molecular flexibility index (Phi) is 2.79. The van der Waals surface area contributed by atoms with Crippen LogP contribution in [0, 0.1) is 4.77 Å². The van der Waals surface area contributed by atoms with Crippen LogP contribution in [0.15, 0.2) is 18.2 Å². The number of aromatic amines is 1. The maximum Gasteiger partial charge on any atom is 0.177 e. The molecule has 3 rings (SSSR count). The molecule has 1 fully saturated rings. The minimum atomic E-state index is 0.761. The highest BCUT2D eigenvalue weighted by molar-refractivity contribution is 7.71. The number of aromatic nitrogens is 2. The Balaban J connectivity index is 2.05. The predicted molar refractivity (Wildman–Crippen MR) is 73.9 cm³/mol. The van der Waals surface area contributed by atoms with E-state index in [9.17, 15) is 0 Å². The lowest BCUT2D eigenvalue weighted by Crippen LogP contribution is -2.04. The lowest BCUT2D eigenvalue weighted by Gasteiger charge is -2.22. The molecule has 0 unspecified atom stereocenters. The van der Waals surface area contributed by atoms with E-state index in [2.05, 4.69) is 27.8 Å². The van der Waals surface area contributed by atoms with Crippen LogP contribution >= 0.6 is 12.2 Å². The first-order valence-electron chi connectivity index (χ1n) is 6.44. The van der Waals surface area contributed by atoms with Crippen LogP contribution < -0.4 is 0 Å². The molecule has 3 heteroatoms.